The summed E-state index contributed by atoms with van der Waals surface area (Å²) in [6.07, 6.45) is 0. The molecule has 0 aliphatic heterocycles. The molecule has 1 amide bonds. The second-order valence-electron chi connectivity index (χ2n) is 4.63. The number of likely N-dealkylation sites (N-methyl/N-ethyl adjacent to an activating group) is 1. The predicted molar refractivity (Wildman–Crippen MR) is 67.4 cm³/mol. The second-order valence-corrected chi connectivity index (χ2v) is 5.55. The number of aliphatic hydroxyl groups is 1. The van der Waals surface area contributed by atoms with Gasteiger partial charge in [0.1, 0.15) is 5.82 Å². The summed E-state index contributed by atoms with van der Waals surface area (Å²) in [4.78, 5) is 13.3. The van der Waals surface area contributed by atoms with E-state index in [-0.39, 0.29) is 18.0 Å². The van der Waals surface area contributed by atoms with Gasteiger partial charge in [0.15, 0.2) is 0 Å². The zero-order chi connectivity index (χ0) is 13.2. The molecule has 0 fully saturated rings. The summed E-state index contributed by atoms with van der Waals surface area (Å²) in [6.45, 7) is 3.40. The lowest BCUT2D eigenvalue weighted by Gasteiger charge is -2.25. The Bertz CT molecular complexity index is 409. The van der Waals surface area contributed by atoms with Crippen molar-refractivity contribution in [3.05, 3.63) is 34.1 Å². The minimum absolute atomic E-state index is 0.181. The first-order valence-corrected chi connectivity index (χ1v) is 5.92. The average Bonchev–Trinajstić information content (AvgIpc) is 2.12. The van der Waals surface area contributed by atoms with Crippen molar-refractivity contribution in [1.29, 1.82) is 0 Å². The van der Waals surface area contributed by atoms with Gasteiger partial charge in [0, 0.05) is 23.6 Å². The third-order valence-corrected chi connectivity index (χ3v) is 2.54. The van der Waals surface area contributed by atoms with Gasteiger partial charge in [-0.1, -0.05) is 15.9 Å². The summed E-state index contributed by atoms with van der Waals surface area (Å²) in [5.74, 6) is -0.799. The van der Waals surface area contributed by atoms with Crippen molar-refractivity contribution in [1.82, 2.24) is 4.90 Å². The number of amides is 1. The van der Waals surface area contributed by atoms with E-state index in [1.54, 1.807) is 27.0 Å². The molecule has 0 bridgehead atoms. The summed E-state index contributed by atoms with van der Waals surface area (Å²) in [5, 5.41) is 9.62. The van der Waals surface area contributed by atoms with Crippen LogP contribution in [0.4, 0.5) is 4.39 Å². The zero-order valence-electron chi connectivity index (χ0n) is 10.00. The molecule has 0 aromatic heterocycles. The van der Waals surface area contributed by atoms with Crippen LogP contribution in [0.3, 0.4) is 0 Å². The van der Waals surface area contributed by atoms with Crippen LogP contribution in [0.5, 0.6) is 0 Å². The maximum Gasteiger partial charge on any atom is 0.253 e. The quantitative estimate of drug-likeness (QED) is 0.932. The molecule has 1 rings (SSSR count). The SMILES string of the molecule is CN(CC(C)(C)O)C(=O)c1cc(F)cc(Br)c1. The molecule has 17 heavy (non-hydrogen) atoms. The number of carbonyl (C=O) groups is 1. The summed E-state index contributed by atoms with van der Waals surface area (Å²) < 4.78 is 13.7. The highest BCUT2D eigenvalue weighted by Crippen LogP contribution is 2.16. The summed E-state index contributed by atoms with van der Waals surface area (Å²) in [6, 6.07) is 4.01. The second kappa shape index (κ2) is 5.14. The predicted octanol–water partition coefficient (Wildman–Crippen LogP) is 2.43. The molecule has 0 radical (unpaired) electrons. The molecule has 0 aliphatic rings. The van der Waals surface area contributed by atoms with E-state index in [1.165, 1.54) is 17.0 Å². The van der Waals surface area contributed by atoms with Gasteiger partial charge in [-0.05, 0) is 32.0 Å². The lowest BCUT2D eigenvalue weighted by molar-refractivity contribution is 0.0367. The highest BCUT2D eigenvalue weighted by Gasteiger charge is 2.20. The molecule has 0 saturated heterocycles. The third kappa shape index (κ3) is 4.44. The Balaban J connectivity index is 2.89. The number of halogens is 2. The highest BCUT2D eigenvalue weighted by atomic mass is 79.9. The first kappa shape index (κ1) is 14.1. The van der Waals surface area contributed by atoms with Crippen molar-refractivity contribution in [3.63, 3.8) is 0 Å². The molecule has 0 spiro atoms. The molecule has 3 nitrogen and oxygen atoms in total. The number of nitrogens with zero attached hydrogens (tertiary/aromatic N) is 1. The van der Waals surface area contributed by atoms with Crippen LogP contribution in [0, 0.1) is 5.82 Å². The number of benzene rings is 1. The molecule has 5 heteroatoms. The monoisotopic (exact) mass is 303 g/mol. The van der Waals surface area contributed by atoms with E-state index in [0.29, 0.717) is 4.47 Å². The topological polar surface area (TPSA) is 40.5 Å². The fourth-order valence-corrected chi connectivity index (χ4v) is 2.02. The van der Waals surface area contributed by atoms with Crippen LogP contribution >= 0.6 is 15.9 Å². The van der Waals surface area contributed by atoms with E-state index >= 15 is 0 Å². The van der Waals surface area contributed by atoms with Crippen LogP contribution in [0.1, 0.15) is 24.2 Å². The Morgan fingerprint density at radius 1 is 1.47 bits per heavy atom. The fraction of sp³-hybridized carbons (Fsp3) is 0.417. The van der Waals surface area contributed by atoms with E-state index in [0.717, 1.165) is 0 Å². The van der Waals surface area contributed by atoms with Gasteiger partial charge in [0.2, 0.25) is 0 Å². The first-order chi connectivity index (χ1) is 7.69. The van der Waals surface area contributed by atoms with Gasteiger partial charge in [-0.25, -0.2) is 4.39 Å². The lowest BCUT2D eigenvalue weighted by atomic mass is 10.1. The molecule has 1 aromatic carbocycles. The van der Waals surface area contributed by atoms with Gasteiger partial charge in [0.25, 0.3) is 5.91 Å². The van der Waals surface area contributed by atoms with E-state index < -0.39 is 11.4 Å². The third-order valence-electron chi connectivity index (χ3n) is 2.08. The molecular formula is C12H15BrFNO2. The minimum Gasteiger partial charge on any atom is -0.389 e. The van der Waals surface area contributed by atoms with E-state index in [9.17, 15) is 14.3 Å². The van der Waals surface area contributed by atoms with Crippen molar-refractivity contribution in [2.24, 2.45) is 0 Å². The Labute approximate surface area is 108 Å². The molecule has 0 atom stereocenters. The van der Waals surface area contributed by atoms with Crippen LogP contribution in [0.25, 0.3) is 0 Å². The van der Waals surface area contributed by atoms with E-state index in [4.69, 9.17) is 0 Å². The molecule has 1 aromatic rings. The fourth-order valence-electron chi connectivity index (χ4n) is 1.55. The smallest absolute Gasteiger partial charge is 0.253 e. The summed E-state index contributed by atoms with van der Waals surface area (Å²) >= 11 is 3.13. The Hall–Kier alpha value is -0.940. The molecule has 94 valence electrons. The zero-order valence-corrected chi connectivity index (χ0v) is 11.6. The van der Waals surface area contributed by atoms with Gasteiger partial charge >= 0.3 is 0 Å². The Morgan fingerprint density at radius 3 is 2.53 bits per heavy atom. The van der Waals surface area contributed by atoms with Crippen LogP contribution in [0.15, 0.2) is 22.7 Å². The molecule has 0 heterocycles. The molecule has 0 unspecified atom stereocenters. The van der Waals surface area contributed by atoms with Crippen LogP contribution in [-0.2, 0) is 0 Å². The number of rotatable bonds is 3. The standard InChI is InChI=1S/C12H15BrFNO2/c1-12(2,17)7-15(3)11(16)8-4-9(13)6-10(14)5-8/h4-6,17H,7H2,1-3H3. The van der Waals surface area contributed by atoms with Gasteiger partial charge in [0.05, 0.1) is 5.60 Å². The van der Waals surface area contributed by atoms with Gasteiger partial charge in [-0.3, -0.25) is 4.79 Å². The Kier molecular flexibility index (Phi) is 4.27. The first-order valence-electron chi connectivity index (χ1n) is 5.13. The Morgan fingerprint density at radius 2 is 2.06 bits per heavy atom. The number of hydrogen-bond donors (Lipinski definition) is 1. The molecule has 0 aliphatic carbocycles. The lowest BCUT2D eigenvalue weighted by Crippen LogP contribution is -2.39. The largest absolute Gasteiger partial charge is 0.389 e. The van der Waals surface area contributed by atoms with Crippen molar-refractivity contribution >= 4 is 21.8 Å². The normalized spacial score (nSPS) is 11.4. The maximum absolute atomic E-state index is 13.1. The minimum atomic E-state index is -0.977. The maximum atomic E-state index is 13.1. The van der Waals surface area contributed by atoms with E-state index in [1.807, 2.05) is 0 Å². The molecular weight excluding hydrogens is 289 g/mol. The molecule has 0 saturated carbocycles. The average molecular weight is 304 g/mol. The van der Waals surface area contributed by atoms with Crippen molar-refractivity contribution in [2.45, 2.75) is 19.4 Å². The van der Waals surface area contributed by atoms with E-state index in [2.05, 4.69) is 15.9 Å². The molecule has 1 N–H and O–H groups in total. The van der Waals surface area contributed by atoms with Gasteiger partial charge in [-0.2, -0.15) is 0 Å². The van der Waals surface area contributed by atoms with Crippen LogP contribution < -0.4 is 0 Å². The van der Waals surface area contributed by atoms with Gasteiger partial charge in [-0.15, -0.1) is 0 Å². The number of hydrogen-bond acceptors (Lipinski definition) is 2. The van der Waals surface area contributed by atoms with Crippen molar-refractivity contribution in [3.8, 4) is 0 Å². The van der Waals surface area contributed by atoms with Crippen LogP contribution in [0.2, 0.25) is 0 Å². The number of carbonyl (C=O) groups excluding carboxylic acids is 1. The van der Waals surface area contributed by atoms with Gasteiger partial charge < -0.3 is 10.0 Å². The van der Waals surface area contributed by atoms with Crippen molar-refractivity contribution < 1.29 is 14.3 Å². The van der Waals surface area contributed by atoms with Crippen molar-refractivity contribution in [2.75, 3.05) is 13.6 Å². The van der Waals surface area contributed by atoms with Crippen LogP contribution in [-0.4, -0.2) is 35.1 Å². The summed E-state index contributed by atoms with van der Waals surface area (Å²) in [7, 11) is 1.57. The highest BCUT2D eigenvalue weighted by molar-refractivity contribution is 9.10. The summed E-state index contributed by atoms with van der Waals surface area (Å²) in [5.41, 5.74) is -0.724.